The van der Waals surface area contributed by atoms with Gasteiger partial charge in [0.2, 0.25) is 5.95 Å². The Morgan fingerprint density at radius 2 is 2.00 bits per heavy atom. The number of nitrogens with zero attached hydrogens (tertiary/aromatic N) is 4. The largest absolute Gasteiger partial charge is 0.391 e. The fraction of sp³-hybridized carbons (Fsp3) is 0.450. The molecule has 0 aliphatic carbocycles. The molecule has 0 spiro atoms. The molecular weight excluding hydrogens is 359 g/mol. The molecule has 2 aromatic heterocycles. The number of benzene rings is 1. The van der Waals surface area contributed by atoms with Gasteiger partial charge in [0.1, 0.15) is 5.82 Å². The molecule has 8 heteroatoms. The lowest BCUT2D eigenvalue weighted by Crippen LogP contribution is -2.31. The number of hydrogen-bond donors (Lipinski definition) is 3. The Labute approximate surface area is 164 Å². The summed E-state index contributed by atoms with van der Waals surface area (Å²) in [5.41, 5.74) is 2.16. The maximum atomic E-state index is 13.5. The Bertz CT molecular complexity index is 940. The van der Waals surface area contributed by atoms with Crippen molar-refractivity contribution in [3.63, 3.8) is 0 Å². The molecular formula is C20H27FN6O. The second kappa shape index (κ2) is 8.52. The van der Waals surface area contributed by atoms with E-state index in [-0.39, 0.29) is 17.9 Å². The third-order valence-electron chi connectivity index (χ3n) is 4.66. The van der Waals surface area contributed by atoms with Crippen LogP contribution in [0.4, 0.5) is 16.2 Å². The number of imidazole rings is 1. The summed E-state index contributed by atoms with van der Waals surface area (Å²) in [6, 6.07) is 6.45. The van der Waals surface area contributed by atoms with Crippen LogP contribution in [0.15, 0.2) is 30.6 Å². The zero-order valence-corrected chi connectivity index (χ0v) is 16.6. The summed E-state index contributed by atoms with van der Waals surface area (Å²) in [5, 5.41) is 16.4. The first-order chi connectivity index (χ1) is 13.4. The van der Waals surface area contributed by atoms with Crippen molar-refractivity contribution >= 4 is 22.9 Å². The topological polar surface area (TPSA) is 87.9 Å². The molecule has 28 heavy (non-hydrogen) atoms. The quantitative estimate of drug-likeness (QED) is 0.547. The van der Waals surface area contributed by atoms with Crippen LogP contribution < -0.4 is 10.6 Å². The second-order valence-corrected chi connectivity index (χ2v) is 7.20. The van der Waals surface area contributed by atoms with Gasteiger partial charge in [0, 0.05) is 12.6 Å². The van der Waals surface area contributed by atoms with Crippen LogP contribution in [0.25, 0.3) is 11.2 Å². The van der Waals surface area contributed by atoms with Crippen LogP contribution in [0.2, 0.25) is 0 Å². The molecule has 0 radical (unpaired) electrons. The number of fused-ring (bicyclic) bond motifs is 1. The fourth-order valence-corrected chi connectivity index (χ4v) is 3.04. The van der Waals surface area contributed by atoms with Crippen molar-refractivity contribution in [2.75, 3.05) is 10.6 Å². The highest BCUT2D eigenvalue weighted by molar-refractivity contribution is 5.84. The summed E-state index contributed by atoms with van der Waals surface area (Å²) in [6.45, 7) is 8.25. The van der Waals surface area contributed by atoms with Gasteiger partial charge >= 0.3 is 0 Å². The van der Waals surface area contributed by atoms with E-state index in [1.807, 2.05) is 17.6 Å². The molecule has 0 unspecified atom stereocenters. The number of aromatic nitrogens is 4. The average Bonchev–Trinajstić information content (AvgIpc) is 3.08. The number of nitrogens with one attached hydrogen (secondary N) is 2. The van der Waals surface area contributed by atoms with Gasteiger partial charge in [-0.15, -0.1) is 0 Å². The molecule has 2 heterocycles. The number of hydrogen-bond acceptors (Lipinski definition) is 6. The highest BCUT2D eigenvalue weighted by Gasteiger charge is 2.18. The summed E-state index contributed by atoms with van der Waals surface area (Å²) in [5.74, 6) is 0.710. The molecule has 0 saturated heterocycles. The summed E-state index contributed by atoms with van der Waals surface area (Å²) < 4.78 is 15.4. The fourth-order valence-electron chi connectivity index (χ4n) is 3.04. The minimum absolute atomic E-state index is 0.163. The first kappa shape index (κ1) is 20.0. The second-order valence-electron chi connectivity index (χ2n) is 7.20. The van der Waals surface area contributed by atoms with Gasteiger partial charge in [-0.3, -0.25) is 0 Å². The smallest absolute Gasteiger partial charge is 0.227 e. The number of anilines is 2. The number of rotatable bonds is 8. The lowest BCUT2D eigenvalue weighted by atomic mass is 10.1. The molecule has 0 amide bonds. The first-order valence-corrected chi connectivity index (χ1v) is 9.56. The highest BCUT2D eigenvalue weighted by Crippen LogP contribution is 2.24. The maximum Gasteiger partial charge on any atom is 0.227 e. The SMILES string of the molecule is CC[C@H](Nc1nc(NCc2cccc(F)c2)c2ncn(C(C)C)c2n1)[C@@H](C)O. The summed E-state index contributed by atoms with van der Waals surface area (Å²) in [4.78, 5) is 13.7. The third-order valence-corrected chi connectivity index (χ3v) is 4.66. The Kier molecular flexibility index (Phi) is 6.08. The van der Waals surface area contributed by atoms with E-state index in [1.165, 1.54) is 12.1 Å². The highest BCUT2D eigenvalue weighted by atomic mass is 19.1. The van der Waals surface area contributed by atoms with Crippen LogP contribution in [-0.2, 0) is 6.54 Å². The van der Waals surface area contributed by atoms with Crippen LogP contribution in [0.1, 0.15) is 45.7 Å². The molecule has 0 aliphatic rings. The lowest BCUT2D eigenvalue weighted by molar-refractivity contribution is 0.169. The minimum Gasteiger partial charge on any atom is -0.391 e. The first-order valence-electron chi connectivity index (χ1n) is 9.56. The molecule has 3 aromatic rings. The van der Waals surface area contributed by atoms with Crippen molar-refractivity contribution in [2.24, 2.45) is 0 Å². The van der Waals surface area contributed by atoms with Crippen LogP contribution in [0, 0.1) is 5.82 Å². The van der Waals surface area contributed by atoms with Gasteiger partial charge in [-0.2, -0.15) is 9.97 Å². The molecule has 150 valence electrons. The standard InChI is InChI=1S/C20H27FN6O/c1-5-16(13(4)28)24-20-25-18(22-10-14-7-6-8-15(21)9-14)17-19(26-20)27(11-23-17)12(2)3/h6-9,11-13,16,28H,5,10H2,1-4H3,(H2,22,24,25,26)/t13-,16+/m1/s1. The zero-order chi connectivity index (χ0) is 20.3. The van der Waals surface area contributed by atoms with Crippen LogP contribution >= 0.6 is 0 Å². The van der Waals surface area contributed by atoms with E-state index in [4.69, 9.17) is 0 Å². The van der Waals surface area contributed by atoms with Gasteiger partial charge in [-0.05, 0) is 44.9 Å². The van der Waals surface area contributed by atoms with Crippen molar-refractivity contribution in [1.82, 2.24) is 19.5 Å². The molecule has 2 atom stereocenters. The van der Waals surface area contributed by atoms with Gasteiger partial charge in [0.25, 0.3) is 0 Å². The Morgan fingerprint density at radius 3 is 2.64 bits per heavy atom. The molecule has 7 nitrogen and oxygen atoms in total. The van der Waals surface area contributed by atoms with Crippen LogP contribution in [0.3, 0.4) is 0 Å². The third kappa shape index (κ3) is 4.39. The van der Waals surface area contributed by atoms with E-state index in [0.29, 0.717) is 29.5 Å². The van der Waals surface area contributed by atoms with E-state index in [9.17, 15) is 9.50 Å². The molecule has 0 aliphatic heterocycles. The van der Waals surface area contributed by atoms with Gasteiger partial charge in [-0.1, -0.05) is 19.1 Å². The van der Waals surface area contributed by atoms with Gasteiger partial charge in [0.05, 0.1) is 18.5 Å². The predicted octanol–water partition coefficient (Wildman–Crippen LogP) is 3.73. The van der Waals surface area contributed by atoms with Crippen LogP contribution in [-0.4, -0.2) is 36.8 Å². The molecule has 1 aromatic carbocycles. The van der Waals surface area contributed by atoms with E-state index in [0.717, 1.165) is 12.0 Å². The number of halogens is 1. The summed E-state index contributed by atoms with van der Waals surface area (Å²) in [6.07, 6.45) is 1.94. The Balaban J connectivity index is 1.96. The van der Waals surface area contributed by atoms with Crippen molar-refractivity contribution in [3.05, 3.63) is 42.0 Å². The normalized spacial score (nSPS) is 13.7. The van der Waals surface area contributed by atoms with Crippen LogP contribution in [0.5, 0.6) is 0 Å². The van der Waals surface area contributed by atoms with Crippen molar-refractivity contribution in [2.45, 2.75) is 58.8 Å². The summed E-state index contributed by atoms with van der Waals surface area (Å²) >= 11 is 0. The molecule has 0 fully saturated rings. The van der Waals surface area contributed by atoms with Crippen molar-refractivity contribution in [3.8, 4) is 0 Å². The van der Waals surface area contributed by atoms with E-state index in [1.54, 1.807) is 19.3 Å². The monoisotopic (exact) mass is 386 g/mol. The van der Waals surface area contributed by atoms with Gasteiger partial charge in [-0.25, -0.2) is 9.37 Å². The predicted molar refractivity (Wildman–Crippen MR) is 109 cm³/mol. The molecule has 0 bridgehead atoms. The maximum absolute atomic E-state index is 13.5. The molecule has 3 rings (SSSR count). The van der Waals surface area contributed by atoms with Gasteiger partial charge in [0.15, 0.2) is 17.0 Å². The lowest BCUT2D eigenvalue weighted by Gasteiger charge is -2.20. The van der Waals surface area contributed by atoms with Crippen molar-refractivity contribution in [1.29, 1.82) is 0 Å². The van der Waals surface area contributed by atoms with E-state index in [2.05, 4.69) is 39.4 Å². The van der Waals surface area contributed by atoms with E-state index < -0.39 is 6.10 Å². The Morgan fingerprint density at radius 1 is 1.21 bits per heavy atom. The molecule has 3 N–H and O–H groups in total. The van der Waals surface area contributed by atoms with Crippen molar-refractivity contribution < 1.29 is 9.50 Å². The van der Waals surface area contributed by atoms with E-state index >= 15 is 0 Å². The summed E-state index contributed by atoms with van der Waals surface area (Å²) in [7, 11) is 0. The zero-order valence-electron chi connectivity index (χ0n) is 16.6. The molecule has 0 saturated carbocycles. The number of aliphatic hydroxyl groups excluding tert-OH is 1. The number of aliphatic hydroxyl groups is 1. The average molecular weight is 386 g/mol. The minimum atomic E-state index is -0.539. The Hall–Kier alpha value is -2.74. The van der Waals surface area contributed by atoms with Gasteiger partial charge < -0.3 is 20.3 Å².